The lowest BCUT2D eigenvalue weighted by atomic mass is 9.82. The fourth-order valence-corrected chi connectivity index (χ4v) is 1.87. The van der Waals surface area contributed by atoms with Gasteiger partial charge in [0, 0.05) is 13.1 Å². The lowest BCUT2D eigenvalue weighted by Gasteiger charge is -2.33. The van der Waals surface area contributed by atoms with Gasteiger partial charge in [0.2, 0.25) is 0 Å². The molecular formula is C15H24N4. The number of nitriles is 1. The Morgan fingerprint density at radius 2 is 1.79 bits per heavy atom. The summed E-state index contributed by atoms with van der Waals surface area (Å²) in [6.45, 7) is 12.0. The van der Waals surface area contributed by atoms with Crippen LogP contribution >= 0.6 is 0 Å². The highest BCUT2D eigenvalue weighted by Crippen LogP contribution is 2.29. The molecule has 0 unspecified atom stereocenters. The average molecular weight is 260 g/mol. The van der Waals surface area contributed by atoms with Gasteiger partial charge in [-0.1, -0.05) is 5.57 Å². The van der Waals surface area contributed by atoms with E-state index in [0.29, 0.717) is 0 Å². The second-order valence-electron chi connectivity index (χ2n) is 5.75. The minimum atomic E-state index is -0.165. The normalized spacial score (nSPS) is 19.4. The first kappa shape index (κ1) is 15.4. The smallest absolute Gasteiger partial charge is 0.114 e. The van der Waals surface area contributed by atoms with Gasteiger partial charge in [0.1, 0.15) is 6.34 Å². The molecule has 104 valence electrons. The number of hydrogen-bond donors (Lipinski definition) is 0. The van der Waals surface area contributed by atoms with Crippen LogP contribution in [0.4, 0.5) is 0 Å². The van der Waals surface area contributed by atoms with Gasteiger partial charge in [0.25, 0.3) is 0 Å². The van der Waals surface area contributed by atoms with Gasteiger partial charge in [-0.05, 0) is 53.0 Å². The van der Waals surface area contributed by atoms with Crippen LogP contribution in [0.2, 0.25) is 0 Å². The van der Waals surface area contributed by atoms with Crippen molar-refractivity contribution in [2.24, 2.45) is 15.6 Å². The maximum absolute atomic E-state index is 9.07. The van der Waals surface area contributed by atoms with Crippen LogP contribution in [0.25, 0.3) is 0 Å². The van der Waals surface area contributed by atoms with Crippen LogP contribution < -0.4 is 0 Å². The number of piperidine rings is 1. The Labute approximate surface area is 116 Å². The summed E-state index contributed by atoms with van der Waals surface area (Å²) in [6.07, 6.45) is 3.58. The van der Waals surface area contributed by atoms with E-state index in [4.69, 9.17) is 5.26 Å². The van der Waals surface area contributed by atoms with Crippen LogP contribution in [0.5, 0.6) is 0 Å². The van der Waals surface area contributed by atoms with Crippen molar-refractivity contribution in [3.05, 3.63) is 11.1 Å². The first-order chi connectivity index (χ1) is 8.88. The topological polar surface area (TPSA) is 51.8 Å². The highest BCUT2D eigenvalue weighted by Gasteiger charge is 2.28. The zero-order chi connectivity index (χ0) is 14.5. The Bertz CT molecular complexity index is 439. The summed E-state index contributed by atoms with van der Waals surface area (Å²) in [6, 6.07) is 2.40. The largest absolute Gasteiger partial charge is 0.361 e. The van der Waals surface area contributed by atoms with Crippen molar-refractivity contribution < 1.29 is 0 Å². The summed E-state index contributed by atoms with van der Waals surface area (Å²) in [5.74, 6) is 0. The highest BCUT2D eigenvalue weighted by molar-refractivity contribution is 5.98. The average Bonchev–Trinajstić information content (AvgIpc) is 2.40. The van der Waals surface area contributed by atoms with E-state index >= 15 is 0 Å². The lowest BCUT2D eigenvalue weighted by Crippen LogP contribution is -2.37. The van der Waals surface area contributed by atoms with Gasteiger partial charge in [-0.25, -0.2) is 0 Å². The predicted octanol–water partition coefficient (Wildman–Crippen LogP) is 3.37. The monoisotopic (exact) mass is 260 g/mol. The van der Waals surface area contributed by atoms with E-state index < -0.39 is 0 Å². The first-order valence-electron chi connectivity index (χ1n) is 6.75. The van der Waals surface area contributed by atoms with Gasteiger partial charge in [-0.3, -0.25) is 0 Å². The van der Waals surface area contributed by atoms with Crippen LogP contribution in [-0.2, 0) is 0 Å². The van der Waals surface area contributed by atoms with Crippen LogP contribution in [0.3, 0.4) is 0 Å². The maximum Gasteiger partial charge on any atom is 0.114 e. The third-order valence-electron chi connectivity index (χ3n) is 3.89. The first-order valence-corrected chi connectivity index (χ1v) is 6.75. The van der Waals surface area contributed by atoms with Crippen molar-refractivity contribution in [1.82, 2.24) is 4.90 Å². The molecule has 0 radical (unpaired) electrons. The minimum Gasteiger partial charge on any atom is -0.361 e. The van der Waals surface area contributed by atoms with Crippen molar-refractivity contribution in [3.63, 3.8) is 0 Å². The maximum atomic E-state index is 9.07. The molecule has 1 heterocycles. The van der Waals surface area contributed by atoms with Gasteiger partial charge >= 0.3 is 0 Å². The third-order valence-corrected chi connectivity index (χ3v) is 3.89. The lowest BCUT2D eigenvalue weighted by molar-refractivity contribution is 0.228. The Balaban J connectivity index is 2.55. The number of hydrogen-bond acceptors (Lipinski definition) is 3. The molecule has 0 spiro atoms. The Hall–Kier alpha value is -1.63. The molecule has 0 aliphatic carbocycles. The molecule has 0 aromatic carbocycles. The van der Waals surface area contributed by atoms with E-state index in [2.05, 4.69) is 41.9 Å². The van der Waals surface area contributed by atoms with Crippen LogP contribution in [0.1, 0.15) is 47.5 Å². The van der Waals surface area contributed by atoms with E-state index in [9.17, 15) is 0 Å². The molecule has 1 fully saturated rings. The summed E-state index contributed by atoms with van der Waals surface area (Å²) in [5.41, 5.74) is 3.24. The molecule has 4 nitrogen and oxygen atoms in total. The van der Waals surface area contributed by atoms with Crippen LogP contribution in [0, 0.1) is 16.7 Å². The Kier molecular flexibility index (Phi) is 5.29. The molecule has 1 aliphatic heterocycles. The molecule has 0 saturated carbocycles. The van der Waals surface area contributed by atoms with Gasteiger partial charge in [-0.15, -0.1) is 5.10 Å². The molecule has 1 saturated heterocycles. The number of likely N-dealkylation sites (tertiary alicyclic amines) is 1. The molecule has 0 atom stereocenters. The molecule has 1 rings (SSSR count). The van der Waals surface area contributed by atoms with Crippen LogP contribution in [0.15, 0.2) is 21.3 Å². The number of nitrogens with zero attached hydrogens (tertiary/aromatic N) is 4. The SMILES string of the molecule is CC(=NN=CN1CCC(C)(C#N)CC1)C(C)=C(C)C. The second kappa shape index (κ2) is 6.51. The Morgan fingerprint density at radius 1 is 1.21 bits per heavy atom. The van der Waals surface area contributed by atoms with Gasteiger partial charge < -0.3 is 4.90 Å². The zero-order valence-electron chi connectivity index (χ0n) is 12.7. The van der Waals surface area contributed by atoms with E-state index in [0.717, 1.165) is 31.6 Å². The minimum absolute atomic E-state index is 0.165. The molecule has 0 bridgehead atoms. The van der Waals surface area contributed by atoms with E-state index in [-0.39, 0.29) is 5.41 Å². The molecule has 0 amide bonds. The standard InChI is InChI=1S/C15H24N4/c1-12(2)13(3)14(4)18-17-11-19-8-6-15(5,10-16)7-9-19/h11H,6-9H2,1-5H3. The molecule has 0 aromatic heterocycles. The van der Waals surface area contributed by atoms with Crippen molar-refractivity contribution >= 4 is 12.1 Å². The van der Waals surface area contributed by atoms with E-state index in [1.165, 1.54) is 11.1 Å². The molecule has 4 heteroatoms. The van der Waals surface area contributed by atoms with Crippen molar-refractivity contribution in [2.45, 2.75) is 47.5 Å². The summed E-state index contributed by atoms with van der Waals surface area (Å²) in [4.78, 5) is 2.13. The quantitative estimate of drug-likeness (QED) is 0.444. The van der Waals surface area contributed by atoms with Gasteiger partial charge in [0.05, 0.1) is 17.2 Å². The molecule has 1 aliphatic rings. The predicted molar refractivity (Wildman–Crippen MR) is 80.2 cm³/mol. The third kappa shape index (κ3) is 4.51. The molecule has 0 aromatic rings. The van der Waals surface area contributed by atoms with Crippen molar-refractivity contribution in [1.29, 1.82) is 5.26 Å². The van der Waals surface area contributed by atoms with E-state index in [1.54, 1.807) is 6.34 Å². The fraction of sp³-hybridized carbons (Fsp3) is 0.667. The molecule has 0 N–H and O–H groups in total. The van der Waals surface area contributed by atoms with Crippen LogP contribution in [-0.4, -0.2) is 30.0 Å². The zero-order valence-corrected chi connectivity index (χ0v) is 12.7. The fourth-order valence-electron chi connectivity index (χ4n) is 1.87. The second-order valence-corrected chi connectivity index (χ2v) is 5.75. The van der Waals surface area contributed by atoms with Gasteiger partial charge in [0.15, 0.2) is 0 Å². The Morgan fingerprint density at radius 3 is 2.26 bits per heavy atom. The molecule has 19 heavy (non-hydrogen) atoms. The summed E-state index contributed by atoms with van der Waals surface area (Å²) in [5, 5.41) is 17.4. The van der Waals surface area contributed by atoms with Crippen molar-refractivity contribution in [3.8, 4) is 6.07 Å². The summed E-state index contributed by atoms with van der Waals surface area (Å²) in [7, 11) is 0. The number of allylic oxidation sites excluding steroid dienone is 2. The number of rotatable bonds is 3. The van der Waals surface area contributed by atoms with E-state index in [1.807, 2.05) is 13.8 Å². The highest BCUT2D eigenvalue weighted by atomic mass is 15.3. The summed E-state index contributed by atoms with van der Waals surface area (Å²) < 4.78 is 0. The van der Waals surface area contributed by atoms with Gasteiger partial charge in [-0.2, -0.15) is 10.4 Å². The van der Waals surface area contributed by atoms with Crippen molar-refractivity contribution in [2.75, 3.05) is 13.1 Å². The molecular weight excluding hydrogens is 236 g/mol. The summed E-state index contributed by atoms with van der Waals surface area (Å²) >= 11 is 0.